The largest absolute Gasteiger partial charge is 0.506 e. The fraction of sp³-hybridized carbons (Fsp3) is 0.0714. The van der Waals surface area contributed by atoms with Crippen LogP contribution in [0, 0.1) is 0 Å². The Bertz CT molecular complexity index is 626. The van der Waals surface area contributed by atoms with Crippen molar-refractivity contribution in [3.63, 3.8) is 0 Å². The summed E-state index contributed by atoms with van der Waals surface area (Å²) >= 11 is 3.33. The van der Waals surface area contributed by atoms with E-state index in [-0.39, 0.29) is 11.5 Å². The van der Waals surface area contributed by atoms with Crippen molar-refractivity contribution in [2.45, 2.75) is 0 Å². The molecule has 0 spiro atoms. The molecule has 5 heteroatoms. The van der Waals surface area contributed by atoms with Gasteiger partial charge in [-0.2, -0.15) is 0 Å². The molecular formula is C14H12BrNO3. The summed E-state index contributed by atoms with van der Waals surface area (Å²) in [5.74, 6) is 0.443. The van der Waals surface area contributed by atoms with Crippen molar-refractivity contribution in [3.05, 3.63) is 46.4 Å². The van der Waals surface area contributed by atoms with Gasteiger partial charge in [-0.25, -0.2) is 0 Å². The maximum atomic E-state index is 9.96. The van der Waals surface area contributed by atoms with E-state index in [1.54, 1.807) is 36.4 Å². The molecule has 0 saturated heterocycles. The van der Waals surface area contributed by atoms with Crippen LogP contribution < -0.4 is 4.74 Å². The van der Waals surface area contributed by atoms with Gasteiger partial charge in [0.2, 0.25) is 0 Å². The van der Waals surface area contributed by atoms with E-state index < -0.39 is 0 Å². The predicted octanol–water partition coefficient (Wildman–Crippen LogP) is 3.62. The summed E-state index contributed by atoms with van der Waals surface area (Å²) in [7, 11) is 1.48. The molecule has 0 saturated carbocycles. The van der Waals surface area contributed by atoms with Crippen LogP contribution in [0.4, 0.5) is 5.69 Å². The van der Waals surface area contributed by atoms with E-state index in [4.69, 9.17) is 4.74 Å². The summed E-state index contributed by atoms with van der Waals surface area (Å²) in [6.07, 6.45) is 1.47. The van der Waals surface area contributed by atoms with E-state index >= 15 is 0 Å². The topological polar surface area (TPSA) is 62.0 Å². The van der Waals surface area contributed by atoms with Gasteiger partial charge in [-0.15, -0.1) is 0 Å². The average molecular weight is 322 g/mol. The normalized spacial score (nSPS) is 10.8. The standard InChI is InChI=1S/C14H12BrNO3/c1-19-13-7-10(15)6-9(14(13)18)8-16-11-4-2-3-5-12(11)17/h2-8,17-18H,1H3. The molecule has 2 rings (SSSR count). The second-order valence-electron chi connectivity index (χ2n) is 3.79. The number of phenolic OH excluding ortho intramolecular Hbond substituents is 2. The zero-order valence-corrected chi connectivity index (χ0v) is 11.8. The van der Waals surface area contributed by atoms with Crippen LogP contribution in [0.25, 0.3) is 0 Å². The molecule has 0 aliphatic heterocycles. The van der Waals surface area contributed by atoms with Gasteiger partial charge >= 0.3 is 0 Å². The quantitative estimate of drug-likeness (QED) is 0.849. The summed E-state index contributed by atoms with van der Waals surface area (Å²) in [6.45, 7) is 0. The molecular weight excluding hydrogens is 310 g/mol. The first kappa shape index (κ1) is 13.4. The van der Waals surface area contributed by atoms with Crippen molar-refractivity contribution in [2.75, 3.05) is 7.11 Å². The van der Waals surface area contributed by atoms with E-state index in [1.807, 2.05) is 0 Å². The molecule has 98 valence electrons. The van der Waals surface area contributed by atoms with E-state index in [2.05, 4.69) is 20.9 Å². The molecule has 0 fully saturated rings. The fourth-order valence-electron chi connectivity index (χ4n) is 1.56. The van der Waals surface area contributed by atoms with E-state index in [1.165, 1.54) is 13.3 Å². The van der Waals surface area contributed by atoms with Crippen LogP contribution in [0.5, 0.6) is 17.2 Å². The zero-order chi connectivity index (χ0) is 13.8. The Balaban J connectivity index is 2.39. The third-order valence-corrected chi connectivity index (χ3v) is 2.97. The highest BCUT2D eigenvalue weighted by atomic mass is 79.9. The third kappa shape index (κ3) is 3.06. The maximum Gasteiger partial charge on any atom is 0.166 e. The Hall–Kier alpha value is -2.01. The molecule has 0 bridgehead atoms. The summed E-state index contributed by atoms with van der Waals surface area (Å²) in [6, 6.07) is 10.1. The Morgan fingerprint density at radius 1 is 1.21 bits per heavy atom. The predicted molar refractivity (Wildman–Crippen MR) is 77.7 cm³/mol. The van der Waals surface area contributed by atoms with Crippen molar-refractivity contribution < 1.29 is 14.9 Å². The Kier molecular flexibility index (Phi) is 4.06. The number of ether oxygens (including phenoxy) is 1. The van der Waals surface area contributed by atoms with Gasteiger partial charge < -0.3 is 14.9 Å². The third-order valence-electron chi connectivity index (χ3n) is 2.51. The molecule has 4 nitrogen and oxygen atoms in total. The molecule has 2 aromatic rings. The molecule has 0 radical (unpaired) electrons. The zero-order valence-electron chi connectivity index (χ0n) is 10.2. The lowest BCUT2D eigenvalue weighted by molar-refractivity contribution is 0.373. The molecule has 0 heterocycles. The van der Waals surface area contributed by atoms with Crippen LogP contribution in [-0.2, 0) is 0 Å². The molecule has 0 amide bonds. The molecule has 2 aromatic carbocycles. The number of benzene rings is 2. The average Bonchev–Trinajstić information content (AvgIpc) is 2.41. The summed E-state index contributed by atoms with van der Waals surface area (Å²) < 4.78 is 5.82. The monoisotopic (exact) mass is 321 g/mol. The number of methoxy groups -OCH3 is 1. The van der Waals surface area contributed by atoms with Crippen molar-refractivity contribution in [1.29, 1.82) is 0 Å². The van der Waals surface area contributed by atoms with Crippen LogP contribution >= 0.6 is 15.9 Å². The molecule has 2 N–H and O–H groups in total. The number of hydrogen-bond donors (Lipinski definition) is 2. The number of aliphatic imine (C=N–C) groups is 1. The number of aromatic hydroxyl groups is 2. The van der Waals surface area contributed by atoms with Gasteiger partial charge in [0.1, 0.15) is 11.4 Å². The lowest BCUT2D eigenvalue weighted by Crippen LogP contribution is -1.89. The highest BCUT2D eigenvalue weighted by Gasteiger charge is 2.08. The molecule has 0 aromatic heterocycles. The van der Waals surface area contributed by atoms with Crippen molar-refractivity contribution in [1.82, 2.24) is 0 Å². The Morgan fingerprint density at radius 2 is 1.95 bits per heavy atom. The van der Waals surface area contributed by atoms with Crippen molar-refractivity contribution in [3.8, 4) is 17.2 Å². The lowest BCUT2D eigenvalue weighted by atomic mass is 10.2. The Labute approximate surface area is 119 Å². The molecule has 19 heavy (non-hydrogen) atoms. The highest BCUT2D eigenvalue weighted by molar-refractivity contribution is 9.10. The van der Waals surface area contributed by atoms with Gasteiger partial charge in [-0.1, -0.05) is 28.1 Å². The van der Waals surface area contributed by atoms with Gasteiger partial charge in [-0.3, -0.25) is 4.99 Å². The number of para-hydroxylation sites is 2. The minimum absolute atomic E-state index is 0.00451. The summed E-state index contributed by atoms with van der Waals surface area (Å²) in [5.41, 5.74) is 0.926. The van der Waals surface area contributed by atoms with Crippen molar-refractivity contribution >= 4 is 27.8 Å². The number of hydrogen-bond acceptors (Lipinski definition) is 4. The van der Waals surface area contributed by atoms with Crippen molar-refractivity contribution in [2.24, 2.45) is 4.99 Å². The van der Waals surface area contributed by atoms with E-state index in [9.17, 15) is 10.2 Å². The first-order valence-corrected chi connectivity index (χ1v) is 6.29. The van der Waals surface area contributed by atoms with Gasteiger partial charge in [0.15, 0.2) is 11.5 Å². The first-order valence-electron chi connectivity index (χ1n) is 5.50. The van der Waals surface area contributed by atoms with Gasteiger partial charge in [-0.05, 0) is 24.3 Å². The van der Waals surface area contributed by atoms with Crippen LogP contribution in [0.2, 0.25) is 0 Å². The first-order chi connectivity index (χ1) is 9.11. The second-order valence-corrected chi connectivity index (χ2v) is 4.71. The summed E-state index contributed by atoms with van der Waals surface area (Å²) in [4.78, 5) is 4.14. The maximum absolute atomic E-state index is 9.96. The SMILES string of the molecule is COc1cc(Br)cc(C=Nc2ccccc2O)c1O. The van der Waals surface area contributed by atoms with Crippen LogP contribution in [-0.4, -0.2) is 23.5 Å². The lowest BCUT2D eigenvalue weighted by Gasteiger charge is -2.06. The fourth-order valence-corrected chi connectivity index (χ4v) is 2.02. The van der Waals surface area contributed by atoms with Gasteiger partial charge in [0.05, 0.1) is 7.11 Å². The smallest absolute Gasteiger partial charge is 0.166 e. The minimum Gasteiger partial charge on any atom is -0.506 e. The minimum atomic E-state index is 0.00451. The van der Waals surface area contributed by atoms with Crippen LogP contribution in [0.1, 0.15) is 5.56 Å². The molecule has 0 aliphatic rings. The second kappa shape index (κ2) is 5.75. The number of rotatable bonds is 3. The van der Waals surface area contributed by atoms with Gasteiger partial charge in [0, 0.05) is 16.3 Å². The molecule has 0 atom stereocenters. The molecule has 0 aliphatic carbocycles. The Morgan fingerprint density at radius 3 is 2.63 bits per heavy atom. The van der Waals surface area contributed by atoms with E-state index in [0.717, 1.165) is 4.47 Å². The van der Waals surface area contributed by atoms with Gasteiger partial charge in [0.25, 0.3) is 0 Å². The van der Waals surface area contributed by atoms with Crippen LogP contribution in [0.3, 0.4) is 0 Å². The number of nitrogens with zero attached hydrogens (tertiary/aromatic N) is 1. The highest BCUT2D eigenvalue weighted by Crippen LogP contribution is 2.33. The summed E-state index contributed by atoms with van der Waals surface area (Å²) in [5, 5.41) is 19.6. The number of phenols is 2. The molecule has 0 unspecified atom stereocenters. The number of halogens is 1. The van der Waals surface area contributed by atoms with Crippen LogP contribution in [0.15, 0.2) is 45.9 Å². The van der Waals surface area contributed by atoms with E-state index in [0.29, 0.717) is 17.0 Å².